The highest BCUT2D eigenvalue weighted by atomic mass is 19.1. The van der Waals surface area contributed by atoms with Crippen molar-refractivity contribution in [3.63, 3.8) is 0 Å². The normalized spacial score (nSPS) is 14.6. The lowest BCUT2D eigenvalue weighted by Crippen LogP contribution is -2.44. The highest BCUT2D eigenvalue weighted by Gasteiger charge is 2.21. The van der Waals surface area contributed by atoms with Crippen molar-refractivity contribution < 1.29 is 18.0 Å². The summed E-state index contributed by atoms with van der Waals surface area (Å²) in [5.74, 6) is -2.12. The number of carbonyl (C=O) groups is 1. The molecular weight excluding hydrogens is 517 g/mol. The molecule has 10 heteroatoms. The van der Waals surface area contributed by atoms with Gasteiger partial charge in [0.1, 0.15) is 17.5 Å². The first-order chi connectivity index (χ1) is 19.1. The van der Waals surface area contributed by atoms with Crippen LogP contribution in [-0.2, 0) is 6.54 Å². The van der Waals surface area contributed by atoms with Gasteiger partial charge in [0.05, 0.1) is 11.4 Å². The van der Waals surface area contributed by atoms with E-state index in [1.54, 1.807) is 13.0 Å². The van der Waals surface area contributed by atoms with E-state index in [0.717, 1.165) is 13.1 Å². The molecule has 0 aliphatic carbocycles. The molecule has 7 nitrogen and oxygen atoms in total. The number of halogens is 3. The summed E-state index contributed by atoms with van der Waals surface area (Å²) in [6, 6.07) is 7.01. The minimum absolute atomic E-state index is 0.156. The molecule has 1 fully saturated rings. The van der Waals surface area contributed by atoms with Crippen molar-refractivity contribution in [2.24, 2.45) is 0 Å². The average molecular weight is 553 g/mol. The number of amides is 1. The third kappa shape index (κ3) is 6.63. The number of hydrogen-bond acceptors (Lipinski definition) is 5. The zero-order valence-corrected chi connectivity index (χ0v) is 23.2. The van der Waals surface area contributed by atoms with E-state index in [-0.39, 0.29) is 23.0 Å². The van der Waals surface area contributed by atoms with Crippen molar-refractivity contribution >= 4 is 35.1 Å². The second-order valence-electron chi connectivity index (χ2n) is 10.3. The smallest absolute Gasteiger partial charge is 0.256 e. The van der Waals surface area contributed by atoms with Crippen LogP contribution in [0.15, 0.2) is 36.9 Å². The van der Waals surface area contributed by atoms with E-state index in [0.29, 0.717) is 47.7 Å². The molecule has 1 saturated heterocycles. The first-order valence-electron chi connectivity index (χ1n) is 13.2. The van der Waals surface area contributed by atoms with Gasteiger partial charge in [-0.25, -0.2) is 13.2 Å². The fourth-order valence-electron chi connectivity index (χ4n) is 4.60. The Morgan fingerprint density at radius 2 is 1.77 bits per heavy atom. The average Bonchev–Trinajstić information content (AvgIpc) is 3.28. The lowest BCUT2D eigenvalue weighted by molar-refractivity contribution is 0.102. The first kappa shape index (κ1) is 29.1. The van der Waals surface area contributed by atoms with Gasteiger partial charge < -0.3 is 20.4 Å². The van der Waals surface area contributed by atoms with Crippen molar-refractivity contribution in [2.75, 3.05) is 43.4 Å². The number of nitrogens with one attached hydrogen (secondary N) is 3. The van der Waals surface area contributed by atoms with Crippen molar-refractivity contribution in [3.05, 3.63) is 82.3 Å². The Morgan fingerprint density at radius 3 is 2.40 bits per heavy atom. The van der Waals surface area contributed by atoms with E-state index < -0.39 is 23.4 Å². The molecule has 4 rings (SSSR count). The largest absolute Gasteiger partial charge is 0.367 e. The molecule has 1 aliphatic heterocycles. The van der Waals surface area contributed by atoms with Crippen LogP contribution in [0.3, 0.4) is 0 Å². The zero-order chi connectivity index (χ0) is 29.0. The van der Waals surface area contributed by atoms with Gasteiger partial charge in [-0.15, -0.1) is 0 Å². The fourth-order valence-corrected chi connectivity index (χ4v) is 4.60. The number of H-pyrrole nitrogens is 1. The van der Waals surface area contributed by atoms with Gasteiger partial charge in [0.25, 0.3) is 5.91 Å². The molecule has 0 bridgehead atoms. The molecule has 0 unspecified atom stereocenters. The molecule has 3 aromatic rings. The molecule has 0 spiro atoms. The van der Waals surface area contributed by atoms with Crippen LogP contribution >= 0.6 is 0 Å². The van der Waals surface area contributed by atoms with E-state index in [1.165, 1.54) is 36.4 Å². The summed E-state index contributed by atoms with van der Waals surface area (Å²) in [6.45, 7) is 12.5. The quantitative estimate of drug-likeness (QED) is 0.325. The lowest BCUT2D eigenvalue weighted by Gasteiger charge is -2.34. The molecular formula is C30H35F3N6O. The molecule has 1 aromatic heterocycles. The molecule has 3 N–H and O–H groups in total. The monoisotopic (exact) mass is 552 g/mol. The van der Waals surface area contributed by atoms with Gasteiger partial charge in [-0.05, 0) is 67.6 Å². The van der Waals surface area contributed by atoms with Gasteiger partial charge in [0, 0.05) is 55.5 Å². The maximum absolute atomic E-state index is 15.0. The Morgan fingerprint density at radius 1 is 1.10 bits per heavy atom. The third-order valence-corrected chi connectivity index (χ3v) is 6.89. The number of likely N-dealkylation sites (N-methyl/N-ethyl adjacent to an activating group) is 1. The zero-order valence-electron chi connectivity index (χ0n) is 23.2. The molecule has 0 saturated carbocycles. The van der Waals surface area contributed by atoms with Crippen molar-refractivity contribution in [3.8, 4) is 0 Å². The number of benzene rings is 2. The number of rotatable bonds is 9. The van der Waals surface area contributed by atoms with Crippen molar-refractivity contribution in [1.29, 1.82) is 0 Å². The molecule has 0 atom stereocenters. The predicted octanol–water partition coefficient (Wildman–Crippen LogP) is 5.53. The first-order valence-corrected chi connectivity index (χ1v) is 13.2. The summed E-state index contributed by atoms with van der Waals surface area (Å²) >= 11 is 0. The molecule has 0 radical (unpaired) electrons. The van der Waals surface area contributed by atoms with Crippen LogP contribution in [0.25, 0.3) is 17.7 Å². The number of nitrogens with zero attached hydrogens (tertiary/aromatic N) is 3. The highest BCUT2D eigenvalue weighted by molar-refractivity contribution is 6.06. The number of carbonyl (C=O) groups excluding carboxylic acids is 1. The maximum atomic E-state index is 15.0. The predicted molar refractivity (Wildman–Crippen MR) is 155 cm³/mol. The topological polar surface area (TPSA) is 76.3 Å². The Kier molecular flexibility index (Phi) is 9.11. The minimum atomic E-state index is -0.689. The Bertz CT molecular complexity index is 1400. The lowest BCUT2D eigenvalue weighted by atomic mass is 10.0. The van der Waals surface area contributed by atoms with Crippen LogP contribution in [0.5, 0.6) is 0 Å². The number of hydrogen-bond donors (Lipinski definition) is 3. The number of piperazine rings is 1. The van der Waals surface area contributed by atoms with E-state index in [2.05, 4.69) is 32.3 Å². The number of aromatic nitrogens is 2. The Labute approximate surface area is 232 Å². The fraction of sp³-hybridized carbons (Fsp3) is 0.333. The highest BCUT2D eigenvalue weighted by Crippen LogP contribution is 2.29. The summed E-state index contributed by atoms with van der Waals surface area (Å²) in [5.41, 5.74) is 2.13. The summed E-state index contributed by atoms with van der Waals surface area (Å²) in [7, 11) is 2.01. The number of allylic oxidation sites excluding steroid dienone is 1. The molecule has 1 amide bonds. The van der Waals surface area contributed by atoms with E-state index in [1.807, 2.05) is 25.8 Å². The molecule has 212 valence electrons. The standard InChI is InChI=1S/C30H35F3N6O/c1-6-26-22(13-19(4)28-24(32)14-20(15-25(28)33)17-34-18(2)3)29(37-36-26)35-30(40)21-7-8-23(31)27(16-21)39-11-9-38(5)10-12-39/h6-8,13-16,18,34H,1,9-12,17H2,2-5H3,(H2,35,36,37,40)/b19-13+. The van der Waals surface area contributed by atoms with Gasteiger partial charge in [-0.2, -0.15) is 5.10 Å². The molecule has 2 aromatic carbocycles. The summed E-state index contributed by atoms with van der Waals surface area (Å²) < 4.78 is 44.7. The van der Waals surface area contributed by atoms with Crippen LogP contribution in [0.2, 0.25) is 0 Å². The molecule has 2 heterocycles. The van der Waals surface area contributed by atoms with E-state index in [9.17, 15) is 9.18 Å². The van der Waals surface area contributed by atoms with Crippen molar-refractivity contribution in [1.82, 2.24) is 20.4 Å². The minimum Gasteiger partial charge on any atom is -0.367 e. The SMILES string of the molecule is C=Cc1[nH]nc(NC(=O)c2ccc(F)c(N3CCN(C)CC3)c2)c1/C=C(\C)c1c(F)cc(CNC(C)C)cc1F. The molecule has 40 heavy (non-hydrogen) atoms. The molecule has 1 aliphatic rings. The Balaban J connectivity index is 1.60. The summed E-state index contributed by atoms with van der Waals surface area (Å²) in [4.78, 5) is 17.3. The third-order valence-electron chi connectivity index (χ3n) is 6.89. The van der Waals surface area contributed by atoms with Gasteiger partial charge >= 0.3 is 0 Å². The van der Waals surface area contributed by atoms with Crippen LogP contribution < -0.4 is 15.5 Å². The van der Waals surface area contributed by atoms with Gasteiger partial charge in [0.15, 0.2) is 5.82 Å². The maximum Gasteiger partial charge on any atom is 0.256 e. The van der Waals surface area contributed by atoms with Crippen LogP contribution in [0.1, 0.15) is 53.5 Å². The van der Waals surface area contributed by atoms with Gasteiger partial charge in [-0.3, -0.25) is 9.89 Å². The second kappa shape index (κ2) is 12.5. The van der Waals surface area contributed by atoms with E-state index >= 15 is 8.78 Å². The summed E-state index contributed by atoms with van der Waals surface area (Å²) in [5, 5.41) is 12.8. The number of anilines is 2. The number of aromatic amines is 1. The van der Waals surface area contributed by atoms with Crippen LogP contribution in [-0.4, -0.2) is 60.3 Å². The van der Waals surface area contributed by atoms with Gasteiger partial charge in [-0.1, -0.05) is 20.4 Å². The van der Waals surface area contributed by atoms with Crippen LogP contribution in [0.4, 0.5) is 24.7 Å². The van der Waals surface area contributed by atoms with E-state index in [4.69, 9.17) is 0 Å². The summed E-state index contributed by atoms with van der Waals surface area (Å²) in [6.07, 6.45) is 3.04. The Hall–Kier alpha value is -3.89. The van der Waals surface area contributed by atoms with Gasteiger partial charge in [0.2, 0.25) is 0 Å². The van der Waals surface area contributed by atoms with Crippen LogP contribution in [0, 0.1) is 17.5 Å². The van der Waals surface area contributed by atoms with Crippen molar-refractivity contribution in [2.45, 2.75) is 33.4 Å². The second-order valence-corrected chi connectivity index (χ2v) is 10.3.